The maximum absolute atomic E-state index is 12.2. The largest absolute Gasteiger partial charge is 0.480 e. The van der Waals surface area contributed by atoms with E-state index in [2.05, 4.69) is 10.3 Å². The monoisotopic (exact) mass is 277 g/mol. The minimum atomic E-state index is -0.955. The molecule has 1 aliphatic heterocycles. The fourth-order valence-corrected chi connectivity index (χ4v) is 2.56. The van der Waals surface area contributed by atoms with E-state index < -0.39 is 12.0 Å². The summed E-state index contributed by atoms with van der Waals surface area (Å²) in [5, 5.41) is 12.0. The summed E-state index contributed by atoms with van der Waals surface area (Å²) in [5.74, 6) is -0.987. The van der Waals surface area contributed by atoms with Gasteiger partial charge in [-0.1, -0.05) is 6.92 Å². The van der Waals surface area contributed by atoms with Crippen LogP contribution in [-0.4, -0.2) is 39.6 Å². The number of rotatable bonds is 2. The van der Waals surface area contributed by atoms with Crippen LogP contribution in [0.15, 0.2) is 12.1 Å². The number of hydrogen-bond donors (Lipinski definition) is 2. The van der Waals surface area contributed by atoms with Crippen LogP contribution in [0.5, 0.6) is 0 Å². The molecule has 0 saturated carbocycles. The van der Waals surface area contributed by atoms with Crippen molar-refractivity contribution in [3.8, 4) is 0 Å². The Bertz CT molecular complexity index is 544. The first-order valence-electron chi connectivity index (χ1n) is 6.65. The summed E-state index contributed by atoms with van der Waals surface area (Å²) < 4.78 is 0. The van der Waals surface area contributed by atoms with E-state index in [0.717, 1.165) is 11.4 Å². The van der Waals surface area contributed by atoms with Crippen molar-refractivity contribution >= 4 is 17.7 Å². The Labute approximate surface area is 117 Å². The zero-order chi connectivity index (χ0) is 14.9. The maximum atomic E-state index is 12.2. The number of aliphatic carboxylic acids is 1. The van der Waals surface area contributed by atoms with Crippen LogP contribution in [0.4, 0.5) is 10.5 Å². The van der Waals surface area contributed by atoms with Crippen LogP contribution in [0.3, 0.4) is 0 Å². The first-order chi connectivity index (χ1) is 9.40. The van der Waals surface area contributed by atoms with E-state index in [1.807, 2.05) is 26.8 Å². The first kappa shape index (κ1) is 14.3. The molecule has 2 N–H and O–H groups in total. The fraction of sp³-hybridized carbons (Fsp3) is 0.500. The van der Waals surface area contributed by atoms with Gasteiger partial charge in [0.1, 0.15) is 6.04 Å². The third-order valence-corrected chi connectivity index (χ3v) is 3.68. The standard InChI is InChI=1S/C14H19N3O3/c1-8-6-7-17(12(8)13(18)19)14(20)16-11-5-4-9(2)15-10(11)3/h4-5,8,12H,6-7H2,1-3H3,(H,16,20)(H,18,19). The lowest BCUT2D eigenvalue weighted by Gasteiger charge is -2.24. The molecule has 0 aliphatic carbocycles. The lowest BCUT2D eigenvalue weighted by Crippen LogP contribution is -2.44. The molecule has 1 aromatic rings. The van der Waals surface area contributed by atoms with Crippen molar-refractivity contribution in [1.82, 2.24) is 9.88 Å². The van der Waals surface area contributed by atoms with Crippen LogP contribution in [0, 0.1) is 19.8 Å². The number of urea groups is 1. The fourth-order valence-electron chi connectivity index (χ4n) is 2.56. The van der Waals surface area contributed by atoms with Crippen molar-refractivity contribution in [1.29, 1.82) is 0 Å². The molecule has 1 fully saturated rings. The quantitative estimate of drug-likeness (QED) is 0.866. The predicted molar refractivity (Wildman–Crippen MR) is 74.6 cm³/mol. The third-order valence-electron chi connectivity index (χ3n) is 3.68. The van der Waals surface area contributed by atoms with Gasteiger partial charge < -0.3 is 15.3 Å². The van der Waals surface area contributed by atoms with Crippen molar-refractivity contribution in [2.45, 2.75) is 33.2 Å². The van der Waals surface area contributed by atoms with E-state index in [9.17, 15) is 14.7 Å². The van der Waals surface area contributed by atoms with Crippen molar-refractivity contribution in [2.75, 3.05) is 11.9 Å². The molecule has 0 radical (unpaired) electrons. The number of likely N-dealkylation sites (tertiary alicyclic amines) is 1. The third kappa shape index (κ3) is 2.74. The number of carbonyl (C=O) groups is 2. The van der Waals surface area contributed by atoms with Gasteiger partial charge in [0.2, 0.25) is 0 Å². The van der Waals surface area contributed by atoms with E-state index in [1.54, 1.807) is 6.07 Å². The summed E-state index contributed by atoms with van der Waals surface area (Å²) in [7, 11) is 0. The molecular weight excluding hydrogens is 258 g/mol. The van der Waals surface area contributed by atoms with Crippen LogP contribution in [0.25, 0.3) is 0 Å². The summed E-state index contributed by atoms with van der Waals surface area (Å²) in [6, 6.07) is 2.46. The molecule has 2 rings (SSSR count). The summed E-state index contributed by atoms with van der Waals surface area (Å²) in [5.41, 5.74) is 2.21. The zero-order valence-electron chi connectivity index (χ0n) is 11.9. The number of hydrogen-bond acceptors (Lipinski definition) is 3. The number of pyridine rings is 1. The number of carboxylic acid groups (broad SMARTS) is 1. The number of carboxylic acids is 1. The second-order valence-corrected chi connectivity index (χ2v) is 5.26. The lowest BCUT2D eigenvalue weighted by atomic mass is 10.0. The minimum Gasteiger partial charge on any atom is -0.480 e. The second-order valence-electron chi connectivity index (χ2n) is 5.26. The number of aromatic nitrogens is 1. The highest BCUT2D eigenvalue weighted by Crippen LogP contribution is 2.25. The molecule has 2 unspecified atom stereocenters. The Morgan fingerprint density at radius 2 is 2.10 bits per heavy atom. The number of aryl methyl sites for hydroxylation is 2. The average Bonchev–Trinajstić information content (AvgIpc) is 2.74. The minimum absolute atomic E-state index is 0.0320. The summed E-state index contributed by atoms with van der Waals surface area (Å²) >= 11 is 0. The number of carbonyl (C=O) groups excluding carboxylic acids is 1. The van der Waals surface area contributed by atoms with E-state index in [4.69, 9.17) is 0 Å². The molecule has 2 heterocycles. The van der Waals surface area contributed by atoms with Gasteiger partial charge in [-0.05, 0) is 38.3 Å². The highest BCUT2D eigenvalue weighted by molar-refractivity contribution is 5.93. The van der Waals surface area contributed by atoms with Crippen molar-refractivity contribution in [3.63, 3.8) is 0 Å². The highest BCUT2D eigenvalue weighted by atomic mass is 16.4. The normalized spacial score (nSPS) is 21.9. The van der Waals surface area contributed by atoms with Crippen LogP contribution >= 0.6 is 0 Å². The molecule has 2 amide bonds. The van der Waals surface area contributed by atoms with Gasteiger partial charge in [0.05, 0.1) is 11.4 Å². The van der Waals surface area contributed by atoms with Crippen LogP contribution in [0.1, 0.15) is 24.7 Å². The van der Waals surface area contributed by atoms with E-state index in [-0.39, 0.29) is 11.9 Å². The number of amides is 2. The van der Waals surface area contributed by atoms with Crippen LogP contribution in [-0.2, 0) is 4.79 Å². The zero-order valence-corrected chi connectivity index (χ0v) is 11.9. The summed E-state index contributed by atoms with van der Waals surface area (Å²) in [6.07, 6.45) is 0.704. The molecule has 1 saturated heterocycles. The maximum Gasteiger partial charge on any atom is 0.326 e. The van der Waals surface area contributed by atoms with Gasteiger partial charge in [-0.15, -0.1) is 0 Å². The molecule has 20 heavy (non-hydrogen) atoms. The lowest BCUT2D eigenvalue weighted by molar-refractivity contribution is -0.142. The first-order valence-corrected chi connectivity index (χ1v) is 6.65. The molecule has 2 atom stereocenters. The molecule has 6 nitrogen and oxygen atoms in total. The number of nitrogens with zero attached hydrogens (tertiary/aromatic N) is 2. The Morgan fingerprint density at radius 3 is 2.70 bits per heavy atom. The van der Waals surface area contributed by atoms with Crippen LogP contribution in [0.2, 0.25) is 0 Å². The van der Waals surface area contributed by atoms with Gasteiger partial charge in [-0.25, -0.2) is 9.59 Å². The predicted octanol–water partition coefficient (Wildman–Crippen LogP) is 2.03. The van der Waals surface area contributed by atoms with Gasteiger partial charge in [-0.3, -0.25) is 4.98 Å². The molecule has 1 aromatic heterocycles. The SMILES string of the molecule is Cc1ccc(NC(=O)N2CCC(C)C2C(=O)O)c(C)n1. The molecule has 108 valence electrons. The van der Waals surface area contributed by atoms with Crippen LogP contribution < -0.4 is 5.32 Å². The van der Waals surface area contributed by atoms with Gasteiger partial charge in [0.15, 0.2) is 0 Å². The van der Waals surface area contributed by atoms with E-state index in [0.29, 0.717) is 18.7 Å². The number of anilines is 1. The Morgan fingerprint density at radius 1 is 1.40 bits per heavy atom. The summed E-state index contributed by atoms with van der Waals surface area (Å²) in [6.45, 7) is 6.00. The van der Waals surface area contributed by atoms with Gasteiger partial charge in [0.25, 0.3) is 0 Å². The summed E-state index contributed by atoms with van der Waals surface area (Å²) in [4.78, 5) is 29.1. The molecule has 0 aromatic carbocycles. The highest BCUT2D eigenvalue weighted by Gasteiger charge is 2.39. The smallest absolute Gasteiger partial charge is 0.326 e. The topological polar surface area (TPSA) is 82.5 Å². The van der Waals surface area contributed by atoms with Gasteiger partial charge >= 0.3 is 12.0 Å². The van der Waals surface area contributed by atoms with Crippen molar-refractivity contribution in [2.24, 2.45) is 5.92 Å². The number of nitrogens with one attached hydrogen (secondary N) is 1. The average molecular weight is 277 g/mol. The molecule has 0 spiro atoms. The van der Waals surface area contributed by atoms with Gasteiger partial charge in [-0.2, -0.15) is 0 Å². The van der Waals surface area contributed by atoms with Gasteiger partial charge in [0, 0.05) is 12.2 Å². The molecular formula is C14H19N3O3. The Balaban J connectivity index is 2.14. The van der Waals surface area contributed by atoms with E-state index >= 15 is 0 Å². The molecule has 0 bridgehead atoms. The van der Waals surface area contributed by atoms with Crippen molar-refractivity contribution in [3.05, 3.63) is 23.5 Å². The van der Waals surface area contributed by atoms with E-state index in [1.165, 1.54) is 4.90 Å². The molecule has 1 aliphatic rings. The second kappa shape index (κ2) is 5.48. The molecule has 6 heteroatoms. The van der Waals surface area contributed by atoms with Crippen molar-refractivity contribution < 1.29 is 14.7 Å². The Hall–Kier alpha value is -2.11. The Kier molecular flexibility index (Phi) is 3.92.